The summed E-state index contributed by atoms with van der Waals surface area (Å²) >= 11 is 1.43. The molecule has 2 aromatic rings. The lowest BCUT2D eigenvalue weighted by Gasteiger charge is -2.06. The predicted octanol–water partition coefficient (Wildman–Crippen LogP) is 4.10. The molecule has 0 fully saturated rings. The number of fused-ring (bicyclic) bond motifs is 1. The van der Waals surface area contributed by atoms with Gasteiger partial charge in [0.05, 0.1) is 12.8 Å². The summed E-state index contributed by atoms with van der Waals surface area (Å²) in [6.07, 6.45) is 2.76. The molecular weight excluding hydrogens is 282 g/mol. The Morgan fingerprint density at radius 1 is 1.38 bits per heavy atom. The third kappa shape index (κ3) is 2.51. The molecule has 0 unspecified atom stereocenters. The Balaban J connectivity index is 1.91. The summed E-state index contributed by atoms with van der Waals surface area (Å²) in [6.45, 7) is 4.17. The summed E-state index contributed by atoms with van der Waals surface area (Å²) in [7, 11) is 1.65. The van der Waals surface area contributed by atoms with Crippen molar-refractivity contribution in [3.8, 4) is 5.75 Å². The van der Waals surface area contributed by atoms with E-state index in [4.69, 9.17) is 4.74 Å². The lowest BCUT2D eigenvalue weighted by atomic mass is 10.0. The Labute approximate surface area is 128 Å². The zero-order valence-corrected chi connectivity index (χ0v) is 13.2. The minimum Gasteiger partial charge on any atom is -0.497 e. The van der Waals surface area contributed by atoms with Gasteiger partial charge in [-0.25, -0.2) is 4.98 Å². The SMILES string of the molecule is COc1ccc2c(c1)CC=C2C(=O)c1nc(C(C)C)cs1. The van der Waals surface area contributed by atoms with E-state index in [-0.39, 0.29) is 5.78 Å². The Morgan fingerprint density at radius 2 is 2.19 bits per heavy atom. The molecule has 0 aliphatic heterocycles. The molecule has 21 heavy (non-hydrogen) atoms. The van der Waals surface area contributed by atoms with Crippen LogP contribution in [-0.4, -0.2) is 17.9 Å². The van der Waals surface area contributed by atoms with Gasteiger partial charge in [0.25, 0.3) is 0 Å². The third-order valence-electron chi connectivity index (χ3n) is 3.68. The first kappa shape index (κ1) is 14.0. The van der Waals surface area contributed by atoms with Gasteiger partial charge >= 0.3 is 0 Å². The van der Waals surface area contributed by atoms with E-state index in [1.165, 1.54) is 11.3 Å². The molecule has 0 atom stereocenters. The topological polar surface area (TPSA) is 39.2 Å². The van der Waals surface area contributed by atoms with Crippen LogP contribution in [0.4, 0.5) is 0 Å². The van der Waals surface area contributed by atoms with Crippen LogP contribution in [0.1, 0.15) is 46.4 Å². The van der Waals surface area contributed by atoms with Gasteiger partial charge in [0.2, 0.25) is 5.78 Å². The normalized spacial score (nSPS) is 13.2. The Morgan fingerprint density at radius 3 is 2.86 bits per heavy atom. The van der Waals surface area contributed by atoms with Crippen molar-refractivity contribution < 1.29 is 9.53 Å². The van der Waals surface area contributed by atoms with Crippen molar-refractivity contribution in [3.05, 3.63) is 51.5 Å². The summed E-state index contributed by atoms with van der Waals surface area (Å²) in [5.74, 6) is 1.19. The zero-order chi connectivity index (χ0) is 15.0. The molecule has 0 bridgehead atoms. The van der Waals surface area contributed by atoms with Crippen LogP contribution in [0.15, 0.2) is 29.7 Å². The number of methoxy groups -OCH3 is 1. The Bertz CT molecular complexity index is 728. The summed E-state index contributed by atoms with van der Waals surface area (Å²) in [4.78, 5) is 17.1. The molecular formula is C17H17NO2S. The number of ketones is 1. The van der Waals surface area contributed by atoms with Crippen LogP contribution in [0.2, 0.25) is 0 Å². The highest BCUT2D eigenvalue weighted by molar-refractivity contribution is 7.12. The van der Waals surface area contributed by atoms with Gasteiger partial charge in [-0.05, 0) is 35.6 Å². The van der Waals surface area contributed by atoms with E-state index in [0.29, 0.717) is 10.9 Å². The first-order chi connectivity index (χ1) is 10.1. The van der Waals surface area contributed by atoms with Crippen molar-refractivity contribution in [1.82, 2.24) is 4.98 Å². The number of aromatic nitrogens is 1. The first-order valence-electron chi connectivity index (χ1n) is 6.97. The summed E-state index contributed by atoms with van der Waals surface area (Å²) in [6, 6.07) is 5.85. The van der Waals surface area contributed by atoms with Gasteiger partial charge in [-0.2, -0.15) is 0 Å². The molecule has 1 aliphatic carbocycles. The van der Waals surface area contributed by atoms with Crippen molar-refractivity contribution in [1.29, 1.82) is 0 Å². The number of nitrogens with zero attached hydrogens (tertiary/aromatic N) is 1. The maximum Gasteiger partial charge on any atom is 0.221 e. The minimum atomic E-state index is 0.0239. The number of hydrogen-bond acceptors (Lipinski definition) is 4. The maximum absolute atomic E-state index is 12.6. The van der Waals surface area contributed by atoms with Crippen molar-refractivity contribution in [3.63, 3.8) is 0 Å². The minimum absolute atomic E-state index is 0.0239. The smallest absolute Gasteiger partial charge is 0.221 e. The van der Waals surface area contributed by atoms with Crippen LogP contribution in [0.5, 0.6) is 5.75 Å². The average Bonchev–Trinajstić information content (AvgIpc) is 3.12. The molecule has 108 valence electrons. The predicted molar refractivity (Wildman–Crippen MR) is 85.2 cm³/mol. The monoisotopic (exact) mass is 299 g/mol. The van der Waals surface area contributed by atoms with Crippen LogP contribution in [0.3, 0.4) is 0 Å². The van der Waals surface area contributed by atoms with E-state index in [1.807, 2.05) is 29.7 Å². The highest BCUT2D eigenvalue weighted by atomic mass is 32.1. The number of rotatable bonds is 4. The third-order valence-corrected chi connectivity index (χ3v) is 4.54. The van der Waals surface area contributed by atoms with Gasteiger partial charge < -0.3 is 4.74 Å². The summed E-state index contributed by atoms with van der Waals surface area (Å²) in [5.41, 5.74) is 3.88. The molecule has 1 aromatic heterocycles. The van der Waals surface area contributed by atoms with Crippen molar-refractivity contribution in [2.75, 3.05) is 7.11 Å². The fourth-order valence-corrected chi connectivity index (χ4v) is 3.37. The quantitative estimate of drug-likeness (QED) is 0.798. The Hall–Kier alpha value is -1.94. The molecule has 0 amide bonds. The number of carbonyl (C=O) groups is 1. The molecule has 1 aliphatic rings. The van der Waals surface area contributed by atoms with Gasteiger partial charge in [-0.3, -0.25) is 4.79 Å². The van der Waals surface area contributed by atoms with Gasteiger partial charge in [-0.1, -0.05) is 26.0 Å². The second-order valence-corrected chi connectivity index (χ2v) is 6.26. The lowest BCUT2D eigenvalue weighted by molar-refractivity contribution is 0.105. The van der Waals surface area contributed by atoms with E-state index in [9.17, 15) is 4.79 Å². The number of allylic oxidation sites excluding steroid dienone is 2. The number of thiazole rings is 1. The molecule has 3 rings (SSSR count). The van der Waals surface area contributed by atoms with Crippen molar-refractivity contribution in [2.24, 2.45) is 0 Å². The molecule has 0 saturated carbocycles. The van der Waals surface area contributed by atoms with E-state index in [2.05, 4.69) is 18.8 Å². The van der Waals surface area contributed by atoms with Gasteiger partial charge in [0.1, 0.15) is 5.75 Å². The molecule has 1 heterocycles. The lowest BCUT2D eigenvalue weighted by Crippen LogP contribution is -2.02. The molecule has 3 nitrogen and oxygen atoms in total. The molecule has 0 radical (unpaired) electrons. The van der Waals surface area contributed by atoms with Crippen molar-refractivity contribution in [2.45, 2.75) is 26.2 Å². The fourth-order valence-electron chi connectivity index (χ4n) is 2.44. The highest BCUT2D eigenvalue weighted by Crippen LogP contribution is 2.33. The second-order valence-electron chi connectivity index (χ2n) is 5.41. The first-order valence-corrected chi connectivity index (χ1v) is 7.85. The standard InChI is InChI=1S/C17H17NO2S/c1-10(2)15-9-21-17(18-15)16(19)14-6-4-11-8-12(20-3)5-7-13(11)14/h5-10H,4H2,1-3H3. The van der Waals surface area contributed by atoms with Crippen LogP contribution in [0, 0.1) is 0 Å². The van der Waals surface area contributed by atoms with E-state index in [0.717, 1.165) is 34.6 Å². The van der Waals surface area contributed by atoms with E-state index >= 15 is 0 Å². The fraction of sp³-hybridized carbons (Fsp3) is 0.294. The Kier molecular flexibility index (Phi) is 3.64. The number of hydrogen-bond donors (Lipinski definition) is 0. The van der Waals surface area contributed by atoms with Gasteiger partial charge in [-0.15, -0.1) is 11.3 Å². The van der Waals surface area contributed by atoms with Gasteiger partial charge in [0.15, 0.2) is 5.01 Å². The molecule has 0 N–H and O–H groups in total. The second kappa shape index (κ2) is 5.45. The highest BCUT2D eigenvalue weighted by Gasteiger charge is 2.24. The molecule has 0 spiro atoms. The van der Waals surface area contributed by atoms with Crippen LogP contribution >= 0.6 is 11.3 Å². The summed E-state index contributed by atoms with van der Waals surface area (Å²) < 4.78 is 5.23. The van der Waals surface area contributed by atoms with Crippen LogP contribution < -0.4 is 4.74 Å². The maximum atomic E-state index is 12.6. The molecule has 1 aromatic carbocycles. The van der Waals surface area contributed by atoms with Crippen LogP contribution in [0.25, 0.3) is 5.57 Å². The summed E-state index contributed by atoms with van der Waals surface area (Å²) in [5, 5.41) is 2.55. The molecule has 4 heteroatoms. The number of carbonyl (C=O) groups excluding carboxylic acids is 1. The number of ether oxygens (including phenoxy) is 1. The zero-order valence-electron chi connectivity index (χ0n) is 12.3. The average molecular weight is 299 g/mol. The van der Waals surface area contributed by atoms with Gasteiger partial charge in [0, 0.05) is 11.0 Å². The number of benzene rings is 1. The van der Waals surface area contributed by atoms with E-state index in [1.54, 1.807) is 7.11 Å². The van der Waals surface area contributed by atoms with E-state index < -0.39 is 0 Å². The largest absolute Gasteiger partial charge is 0.497 e. The molecule has 0 saturated heterocycles. The van der Waals surface area contributed by atoms with Crippen molar-refractivity contribution >= 4 is 22.7 Å². The van der Waals surface area contributed by atoms with Crippen LogP contribution in [-0.2, 0) is 6.42 Å². The number of Topliss-reactive ketones (excluding diaryl/α,β-unsaturated/α-hetero) is 1.